The Morgan fingerprint density at radius 2 is 1.90 bits per heavy atom. The fraction of sp³-hybridized carbons (Fsp3) is 0.235. The average molecular weight is 289 g/mol. The molecule has 1 aliphatic rings. The molecule has 0 bridgehead atoms. The largest absolute Gasteiger partial charge is 0.294 e. The van der Waals surface area contributed by atoms with E-state index in [1.165, 1.54) is 29.7 Å². The molecule has 0 saturated heterocycles. The summed E-state index contributed by atoms with van der Waals surface area (Å²) in [5.41, 5.74) is 3.76. The molecule has 0 spiro atoms. The quantitative estimate of drug-likeness (QED) is 0.766. The first-order valence-electron chi connectivity index (χ1n) is 6.72. The van der Waals surface area contributed by atoms with E-state index in [4.69, 9.17) is 11.6 Å². The first kappa shape index (κ1) is 13.3. The van der Waals surface area contributed by atoms with E-state index in [-0.39, 0.29) is 17.8 Å². The van der Waals surface area contributed by atoms with Crippen molar-refractivity contribution in [3.63, 3.8) is 0 Å². The number of Topliss-reactive ketones (excluding diaryl/α,β-unsaturated/α-hetero) is 1. The molecule has 0 N–H and O–H groups in total. The van der Waals surface area contributed by atoms with Crippen LogP contribution in [0.25, 0.3) is 0 Å². The second-order valence-corrected chi connectivity index (χ2v) is 5.62. The zero-order valence-electron chi connectivity index (χ0n) is 11.0. The Labute approximate surface area is 122 Å². The molecule has 0 amide bonds. The minimum Gasteiger partial charge on any atom is -0.294 e. The summed E-state index contributed by atoms with van der Waals surface area (Å²) in [7, 11) is 0. The maximum atomic E-state index is 13.7. The number of carbonyl (C=O) groups is 1. The van der Waals surface area contributed by atoms with Crippen LogP contribution in [0.4, 0.5) is 4.39 Å². The Bertz CT molecular complexity index is 679. The summed E-state index contributed by atoms with van der Waals surface area (Å²) in [4.78, 5) is 12.2. The molecule has 0 saturated carbocycles. The van der Waals surface area contributed by atoms with Gasteiger partial charge in [0.2, 0.25) is 0 Å². The summed E-state index contributed by atoms with van der Waals surface area (Å²) < 4.78 is 13.7. The van der Waals surface area contributed by atoms with Gasteiger partial charge in [0.1, 0.15) is 5.82 Å². The van der Waals surface area contributed by atoms with Gasteiger partial charge in [-0.05, 0) is 54.2 Å². The monoisotopic (exact) mass is 288 g/mol. The highest BCUT2D eigenvalue weighted by atomic mass is 35.5. The lowest BCUT2D eigenvalue weighted by molar-refractivity contribution is 0.0989. The fourth-order valence-corrected chi connectivity index (χ4v) is 2.89. The van der Waals surface area contributed by atoms with Crippen LogP contribution in [-0.4, -0.2) is 5.78 Å². The second-order valence-electron chi connectivity index (χ2n) is 5.18. The SMILES string of the molecule is O=C(Cc1ccc2c(c1)CCC2)c1ccc(Cl)cc1F. The second kappa shape index (κ2) is 5.37. The molecule has 0 unspecified atom stereocenters. The summed E-state index contributed by atoms with van der Waals surface area (Å²) in [5, 5.41) is 0.302. The zero-order valence-corrected chi connectivity index (χ0v) is 11.7. The lowest BCUT2D eigenvalue weighted by Crippen LogP contribution is -2.06. The molecular weight excluding hydrogens is 275 g/mol. The summed E-state index contributed by atoms with van der Waals surface area (Å²) in [6, 6.07) is 10.3. The van der Waals surface area contributed by atoms with E-state index in [1.807, 2.05) is 6.07 Å². The molecule has 3 heteroatoms. The number of rotatable bonds is 3. The molecule has 0 aliphatic heterocycles. The van der Waals surface area contributed by atoms with E-state index in [2.05, 4.69) is 12.1 Å². The third-order valence-corrected chi connectivity index (χ3v) is 3.99. The Morgan fingerprint density at radius 3 is 2.70 bits per heavy atom. The Hall–Kier alpha value is -1.67. The van der Waals surface area contributed by atoms with Crippen molar-refractivity contribution in [3.8, 4) is 0 Å². The van der Waals surface area contributed by atoms with Gasteiger partial charge < -0.3 is 0 Å². The molecule has 0 aromatic heterocycles. The van der Waals surface area contributed by atoms with E-state index in [1.54, 1.807) is 6.07 Å². The zero-order chi connectivity index (χ0) is 14.1. The average Bonchev–Trinajstić information content (AvgIpc) is 2.85. The third-order valence-electron chi connectivity index (χ3n) is 3.76. The van der Waals surface area contributed by atoms with Crippen molar-refractivity contribution in [1.82, 2.24) is 0 Å². The fourth-order valence-electron chi connectivity index (χ4n) is 2.73. The molecule has 1 nitrogen and oxygen atoms in total. The van der Waals surface area contributed by atoms with Crippen LogP contribution in [0.3, 0.4) is 0 Å². The van der Waals surface area contributed by atoms with E-state index in [0.717, 1.165) is 18.4 Å². The summed E-state index contributed by atoms with van der Waals surface area (Å²) in [6.45, 7) is 0. The lowest BCUT2D eigenvalue weighted by atomic mass is 9.99. The van der Waals surface area contributed by atoms with Gasteiger partial charge in [-0.25, -0.2) is 4.39 Å². The van der Waals surface area contributed by atoms with Gasteiger partial charge in [-0.2, -0.15) is 0 Å². The Kier molecular flexibility index (Phi) is 3.58. The standard InChI is InChI=1S/C17H14ClFO/c18-14-6-7-15(16(19)10-14)17(20)9-11-4-5-12-2-1-3-13(12)8-11/h4-8,10H,1-3,9H2. The van der Waals surface area contributed by atoms with Crippen molar-refractivity contribution in [1.29, 1.82) is 0 Å². The Balaban J connectivity index is 1.82. The van der Waals surface area contributed by atoms with Gasteiger partial charge in [0.05, 0.1) is 5.56 Å². The smallest absolute Gasteiger partial charge is 0.170 e. The number of carbonyl (C=O) groups excluding carboxylic acids is 1. The lowest BCUT2D eigenvalue weighted by Gasteiger charge is -2.06. The van der Waals surface area contributed by atoms with Crippen LogP contribution in [0.5, 0.6) is 0 Å². The molecule has 3 rings (SSSR count). The predicted octanol–water partition coefficient (Wildman–Crippen LogP) is 4.39. The van der Waals surface area contributed by atoms with Gasteiger partial charge in [-0.15, -0.1) is 0 Å². The number of halogens is 2. The highest BCUT2D eigenvalue weighted by molar-refractivity contribution is 6.30. The van der Waals surface area contributed by atoms with Gasteiger partial charge in [0, 0.05) is 11.4 Å². The van der Waals surface area contributed by atoms with Crippen molar-refractivity contribution in [2.45, 2.75) is 25.7 Å². The first-order chi connectivity index (χ1) is 9.63. The van der Waals surface area contributed by atoms with Gasteiger partial charge in [-0.1, -0.05) is 29.8 Å². The minimum absolute atomic E-state index is 0.106. The van der Waals surface area contributed by atoms with Gasteiger partial charge in [0.25, 0.3) is 0 Å². The van der Waals surface area contributed by atoms with E-state index < -0.39 is 5.82 Å². The molecular formula is C17H14ClFO. The summed E-state index contributed by atoms with van der Waals surface area (Å²) in [5.74, 6) is -0.763. The van der Waals surface area contributed by atoms with Crippen molar-refractivity contribution in [2.24, 2.45) is 0 Å². The molecule has 0 heterocycles. The molecule has 2 aromatic carbocycles. The van der Waals surface area contributed by atoms with E-state index in [9.17, 15) is 9.18 Å². The molecule has 102 valence electrons. The topological polar surface area (TPSA) is 17.1 Å². The van der Waals surface area contributed by atoms with Gasteiger partial charge >= 0.3 is 0 Å². The number of benzene rings is 2. The molecule has 20 heavy (non-hydrogen) atoms. The Morgan fingerprint density at radius 1 is 1.10 bits per heavy atom. The van der Waals surface area contributed by atoms with Crippen molar-refractivity contribution >= 4 is 17.4 Å². The molecule has 0 atom stereocenters. The van der Waals surface area contributed by atoms with Crippen molar-refractivity contribution in [2.75, 3.05) is 0 Å². The third kappa shape index (κ3) is 2.61. The van der Waals surface area contributed by atoms with Crippen molar-refractivity contribution < 1.29 is 9.18 Å². The molecule has 1 aliphatic carbocycles. The maximum absolute atomic E-state index is 13.7. The highest BCUT2D eigenvalue weighted by Gasteiger charge is 2.15. The number of hydrogen-bond donors (Lipinski definition) is 0. The van der Waals surface area contributed by atoms with E-state index >= 15 is 0 Å². The minimum atomic E-state index is -0.552. The molecule has 0 radical (unpaired) electrons. The van der Waals surface area contributed by atoms with Crippen LogP contribution in [0.15, 0.2) is 36.4 Å². The number of aryl methyl sites for hydroxylation is 2. The van der Waals surface area contributed by atoms with Crippen LogP contribution < -0.4 is 0 Å². The first-order valence-corrected chi connectivity index (χ1v) is 7.10. The predicted molar refractivity (Wildman–Crippen MR) is 77.9 cm³/mol. The summed E-state index contributed by atoms with van der Waals surface area (Å²) in [6.07, 6.45) is 3.60. The van der Waals surface area contributed by atoms with Crippen molar-refractivity contribution in [3.05, 3.63) is 69.5 Å². The highest BCUT2D eigenvalue weighted by Crippen LogP contribution is 2.24. The number of ketones is 1. The van der Waals surface area contributed by atoms with Gasteiger partial charge in [-0.3, -0.25) is 4.79 Å². The normalized spacial score (nSPS) is 13.3. The van der Waals surface area contributed by atoms with Crippen LogP contribution in [-0.2, 0) is 19.3 Å². The summed E-state index contributed by atoms with van der Waals surface area (Å²) >= 11 is 5.69. The molecule has 2 aromatic rings. The van der Waals surface area contributed by atoms with Crippen LogP contribution in [0.2, 0.25) is 5.02 Å². The van der Waals surface area contributed by atoms with Crippen LogP contribution in [0.1, 0.15) is 33.5 Å². The van der Waals surface area contributed by atoms with Crippen LogP contribution in [0, 0.1) is 5.82 Å². The maximum Gasteiger partial charge on any atom is 0.170 e. The van der Waals surface area contributed by atoms with Gasteiger partial charge in [0.15, 0.2) is 5.78 Å². The number of hydrogen-bond acceptors (Lipinski definition) is 1. The number of fused-ring (bicyclic) bond motifs is 1. The van der Waals surface area contributed by atoms with Crippen LogP contribution >= 0.6 is 11.6 Å². The van der Waals surface area contributed by atoms with E-state index in [0.29, 0.717) is 5.02 Å². The molecule has 0 fully saturated rings.